The Labute approximate surface area is 100 Å². The zero-order chi connectivity index (χ0) is 12.5. The molecule has 0 aliphatic heterocycles. The minimum absolute atomic E-state index is 0.0142. The van der Waals surface area contributed by atoms with Crippen molar-refractivity contribution in [3.05, 3.63) is 17.0 Å². The van der Waals surface area contributed by atoms with Crippen LogP contribution in [0.15, 0.2) is 4.52 Å². The average molecular weight is 238 g/mol. The molecular formula is C12H18N2O3. The van der Waals surface area contributed by atoms with Gasteiger partial charge < -0.3 is 14.9 Å². The van der Waals surface area contributed by atoms with Crippen LogP contribution in [0.4, 0.5) is 0 Å². The van der Waals surface area contributed by atoms with E-state index in [1.807, 2.05) is 6.92 Å². The van der Waals surface area contributed by atoms with Gasteiger partial charge in [0.15, 0.2) is 0 Å². The third kappa shape index (κ3) is 2.34. The molecule has 94 valence electrons. The van der Waals surface area contributed by atoms with Crippen molar-refractivity contribution in [1.29, 1.82) is 0 Å². The molecule has 0 spiro atoms. The summed E-state index contributed by atoms with van der Waals surface area (Å²) in [6, 6.07) is 0. The van der Waals surface area contributed by atoms with Crippen LogP contribution in [0.3, 0.4) is 0 Å². The summed E-state index contributed by atoms with van der Waals surface area (Å²) < 4.78 is 5.01. The highest BCUT2D eigenvalue weighted by Crippen LogP contribution is 2.31. The van der Waals surface area contributed by atoms with Crippen LogP contribution in [0.5, 0.6) is 0 Å². The molecule has 0 radical (unpaired) electrons. The van der Waals surface area contributed by atoms with Gasteiger partial charge in [0.2, 0.25) is 5.91 Å². The van der Waals surface area contributed by atoms with Gasteiger partial charge in [-0.3, -0.25) is 4.79 Å². The zero-order valence-electron chi connectivity index (χ0n) is 10.2. The summed E-state index contributed by atoms with van der Waals surface area (Å²) in [6.45, 7) is 3.64. The van der Waals surface area contributed by atoms with Crippen LogP contribution >= 0.6 is 0 Å². The van der Waals surface area contributed by atoms with Crippen LogP contribution in [0.2, 0.25) is 0 Å². The fourth-order valence-electron chi connectivity index (χ4n) is 2.18. The van der Waals surface area contributed by atoms with Crippen LogP contribution in [0.25, 0.3) is 0 Å². The van der Waals surface area contributed by atoms with Crippen molar-refractivity contribution in [3.8, 4) is 0 Å². The van der Waals surface area contributed by atoms with Gasteiger partial charge in [0.25, 0.3) is 0 Å². The molecule has 0 unspecified atom stereocenters. The lowest BCUT2D eigenvalue weighted by molar-refractivity contribution is -0.124. The number of aromatic nitrogens is 1. The highest BCUT2D eigenvalue weighted by atomic mass is 16.5. The van der Waals surface area contributed by atoms with E-state index in [0.717, 1.165) is 30.5 Å². The van der Waals surface area contributed by atoms with E-state index in [-0.39, 0.29) is 24.5 Å². The van der Waals surface area contributed by atoms with Gasteiger partial charge >= 0.3 is 0 Å². The molecule has 0 saturated heterocycles. The highest BCUT2D eigenvalue weighted by Gasteiger charge is 2.37. The van der Waals surface area contributed by atoms with Gasteiger partial charge in [0.05, 0.1) is 24.3 Å². The van der Waals surface area contributed by atoms with Crippen LogP contribution in [0, 0.1) is 13.8 Å². The van der Waals surface area contributed by atoms with Crippen LogP contribution < -0.4 is 5.32 Å². The molecule has 1 aliphatic rings. The minimum Gasteiger partial charge on any atom is -0.394 e. The molecule has 0 aromatic carbocycles. The van der Waals surface area contributed by atoms with Crippen molar-refractivity contribution in [1.82, 2.24) is 10.5 Å². The predicted octanol–water partition coefficient (Wildman–Crippen LogP) is 0.865. The molecule has 1 amide bonds. The van der Waals surface area contributed by atoms with E-state index in [2.05, 4.69) is 10.5 Å². The number of aliphatic hydroxyl groups is 1. The molecule has 1 heterocycles. The molecule has 0 atom stereocenters. The van der Waals surface area contributed by atoms with Crippen molar-refractivity contribution in [3.63, 3.8) is 0 Å². The SMILES string of the molecule is Cc1noc(C)c1CC(=O)NC1(CO)CCC1. The minimum atomic E-state index is -0.379. The Morgan fingerprint density at radius 1 is 1.53 bits per heavy atom. The molecule has 0 bridgehead atoms. The highest BCUT2D eigenvalue weighted by molar-refractivity contribution is 5.80. The quantitative estimate of drug-likeness (QED) is 0.816. The molecule has 5 nitrogen and oxygen atoms in total. The van der Waals surface area contributed by atoms with Crippen molar-refractivity contribution in [2.75, 3.05) is 6.61 Å². The molecule has 2 N–H and O–H groups in total. The maximum Gasteiger partial charge on any atom is 0.225 e. The van der Waals surface area contributed by atoms with Crippen LogP contribution in [0.1, 0.15) is 36.3 Å². The summed E-state index contributed by atoms with van der Waals surface area (Å²) in [5, 5.41) is 16.0. The Kier molecular flexibility index (Phi) is 3.19. The summed E-state index contributed by atoms with van der Waals surface area (Å²) in [6.07, 6.45) is 3.04. The molecule has 1 aromatic heterocycles. The number of aryl methyl sites for hydroxylation is 2. The van der Waals surface area contributed by atoms with Gasteiger partial charge in [0.1, 0.15) is 5.76 Å². The zero-order valence-corrected chi connectivity index (χ0v) is 10.2. The molecule has 5 heteroatoms. The standard InChI is InChI=1S/C12H18N2O3/c1-8-10(9(2)17-14-8)6-11(16)13-12(7-15)4-3-5-12/h15H,3-7H2,1-2H3,(H,13,16). The number of aliphatic hydroxyl groups excluding tert-OH is 1. The van der Waals surface area contributed by atoms with E-state index in [4.69, 9.17) is 4.52 Å². The largest absolute Gasteiger partial charge is 0.394 e. The molecule has 2 rings (SSSR count). The second-order valence-corrected chi connectivity index (χ2v) is 4.82. The van der Waals surface area contributed by atoms with Crippen molar-refractivity contribution < 1.29 is 14.4 Å². The van der Waals surface area contributed by atoms with Gasteiger partial charge in [-0.15, -0.1) is 0 Å². The van der Waals surface area contributed by atoms with E-state index in [0.29, 0.717) is 5.76 Å². The second-order valence-electron chi connectivity index (χ2n) is 4.82. The molecule has 1 aliphatic carbocycles. The molecule has 1 fully saturated rings. The van der Waals surface area contributed by atoms with Gasteiger partial charge in [-0.05, 0) is 33.1 Å². The fourth-order valence-corrected chi connectivity index (χ4v) is 2.18. The first-order chi connectivity index (χ1) is 8.06. The number of nitrogens with one attached hydrogen (secondary N) is 1. The Hall–Kier alpha value is -1.36. The number of amides is 1. The number of carbonyl (C=O) groups excluding carboxylic acids is 1. The van der Waals surface area contributed by atoms with Crippen LogP contribution in [-0.2, 0) is 11.2 Å². The fraction of sp³-hybridized carbons (Fsp3) is 0.667. The van der Waals surface area contributed by atoms with Crippen LogP contribution in [-0.4, -0.2) is 28.3 Å². The average Bonchev–Trinajstić information content (AvgIpc) is 2.55. The summed E-state index contributed by atoms with van der Waals surface area (Å²) in [7, 11) is 0. The first-order valence-electron chi connectivity index (χ1n) is 5.90. The number of nitrogens with zero attached hydrogens (tertiary/aromatic N) is 1. The Bertz CT molecular complexity index is 396. The van der Waals surface area contributed by atoms with Gasteiger partial charge in [-0.2, -0.15) is 0 Å². The van der Waals surface area contributed by atoms with E-state index in [1.165, 1.54) is 0 Å². The number of hydrogen-bond acceptors (Lipinski definition) is 4. The first-order valence-corrected chi connectivity index (χ1v) is 5.90. The van der Waals surface area contributed by atoms with E-state index in [1.54, 1.807) is 6.92 Å². The Morgan fingerprint density at radius 3 is 2.65 bits per heavy atom. The number of rotatable bonds is 4. The Morgan fingerprint density at radius 2 is 2.24 bits per heavy atom. The molecule has 17 heavy (non-hydrogen) atoms. The van der Waals surface area contributed by atoms with E-state index < -0.39 is 0 Å². The van der Waals surface area contributed by atoms with Gasteiger partial charge in [-0.1, -0.05) is 5.16 Å². The number of hydrogen-bond donors (Lipinski definition) is 2. The normalized spacial score (nSPS) is 17.6. The van der Waals surface area contributed by atoms with Crippen molar-refractivity contribution in [2.24, 2.45) is 0 Å². The van der Waals surface area contributed by atoms with Crippen molar-refractivity contribution >= 4 is 5.91 Å². The molecule has 1 aromatic rings. The van der Waals surface area contributed by atoms with E-state index in [9.17, 15) is 9.90 Å². The maximum atomic E-state index is 11.9. The summed E-state index contributed by atoms with van der Waals surface area (Å²) in [4.78, 5) is 11.9. The third-order valence-corrected chi connectivity index (χ3v) is 3.54. The third-order valence-electron chi connectivity index (χ3n) is 3.54. The molecular weight excluding hydrogens is 220 g/mol. The number of carbonyl (C=O) groups is 1. The maximum absolute atomic E-state index is 11.9. The van der Waals surface area contributed by atoms with Crippen molar-refractivity contribution in [2.45, 2.75) is 45.1 Å². The first kappa shape index (κ1) is 12.1. The summed E-state index contributed by atoms with van der Waals surface area (Å²) in [5.41, 5.74) is 1.22. The summed E-state index contributed by atoms with van der Waals surface area (Å²) >= 11 is 0. The monoisotopic (exact) mass is 238 g/mol. The molecule has 1 saturated carbocycles. The predicted molar refractivity (Wildman–Crippen MR) is 61.5 cm³/mol. The second kappa shape index (κ2) is 4.49. The lowest BCUT2D eigenvalue weighted by Crippen LogP contribution is -2.56. The summed E-state index contributed by atoms with van der Waals surface area (Å²) in [5.74, 6) is 0.609. The smallest absolute Gasteiger partial charge is 0.225 e. The van der Waals surface area contributed by atoms with Gasteiger partial charge in [-0.25, -0.2) is 0 Å². The Balaban J connectivity index is 1.98. The lowest BCUT2D eigenvalue weighted by atomic mass is 9.77. The van der Waals surface area contributed by atoms with Gasteiger partial charge in [0, 0.05) is 5.56 Å². The topological polar surface area (TPSA) is 75.4 Å². The van der Waals surface area contributed by atoms with E-state index >= 15 is 0 Å². The lowest BCUT2D eigenvalue weighted by Gasteiger charge is -2.41.